The smallest absolute Gasteiger partial charge is 0.230 e. The van der Waals surface area contributed by atoms with Crippen molar-refractivity contribution in [2.45, 2.75) is 33.7 Å². The first kappa shape index (κ1) is 13.7. The Morgan fingerprint density at radius 2 is 2.12 bits per heavy atom. The van der Waals surface area contributed by atoms with Gasteiger partial charge in [-0.2, -0.15) is 5.10 Å². The van der Waals surface area contributed by atoms with Crippen LogP contribution < -0.4 is 11.1 Å². The number of hydrogen-bond acceptors (Lipinski definition) is 3. The number of nitrogens with zero attached hydrogens (tertiary/aromatic N) is 2. The van der Waals surface area contributed by atoms with Gasteiger partial charge in [-0.1, -0.05) is 13.8 Å². The second kappa shape index (κ2) is 5.82. The summed E-state index contributed by atoms with van der Waals surface area (Å²) in [4.78, 5) is 12.0. The summed E-state index contributed by atoms with van der Waals surface area (Å²) >= 11 is 0. The molecule has 1 aromatic rings. The molecule has 3 N–H and O–H groups in total. The van der Waals surface area contributed by atoms with Crippen molar-refractivity contribution in [2.24, 2.45) is 17.6 Å². The predicted octanol–water partition coefficient (Wildman–Crippen LogP) is 1.63. The first-order valence-electron chi connectivity index (χ1n) is 6.01. The topological polar surface area (TPSA) is 72.9 Å². The van der Waals surface area contributed by atoms with Gasteiger partial charge < -0.3 is 11.1 Å². The molecule has 1 amide bonds. The van der Waals surface area contributed by atoms with E-state index in [9.17, 15) is 4.79 Å². The number of nitrogens with two attached hydrogens (primary N) is 1. The third kappa shape index (κ3) is 3.30. The average molecular weight is 238 g/mol. The van der Waals surface area contributed by atoms with Gasteiger partial charge in [-0.15, -0.1) is 0 Å². The molecular formula is C12H22N4O. The number of hydrogen-bond donors (Lipinski definition) is 2. The van der Waals surface area contributed by atoms with Crippen LogP contribution in [0.2, 0.25) is 0 Å². The highest BCUT2D eigenvalue weighted by Crippen LogP contribution is 2.16. The van der Waals surface area contributed by atoms with Crippen LogP contribution in [0, 0.1) is 11.8 Å². The molecule has 5 heteroatoms. The monoisotopic (exact) mass is 238 g/mol. The zero-order valence-corrected chi connectivity index (χ0v) is 11.0. The molecule has 0 saturated carbocycles. The van der Waals surface area contributed by atoms with Crippen LogP contribution in [0.1, 0.15) is 33.7 Å². The highest BCUT2D eigenvalue weighted by molar-refractivity contribution is 5.92. The number of anilines is 1. The van der Waals surface area contributed by atoms with E-state index >= 15 is 0 Å². The van der Waals surface area contributed by atoms with E-state index in [0.29, 0.717) is 6.54 Å². The summed E-state index contributed by atoms with van der Waals surface area (Å²) in [6.45, 7) is 8.39. The van der Waals surface area contributed by atoms with Crippen molar-refractivity contribution in [2.75, 3.05) is 11.9 Å². The molecule has 0 saturated heterocycles. The van der Waals surface area contributed by atoms with Crippen molar-refractivity contribution in [3.05, 3.63) is 12.3 Å². The Bertz CT molecular complexity index is 370. The largest absolute Gasteiger partial charge is 0.330 e. The lowest BCUT2D eigenvalue weighted by Gasteiger charge is -2.19. The molecule has 0 aliphatic rings. The Morgan fingerprint density at radius 3 is 2.59 bits per heavy atom. The quantitative estimate of drug-likeness (QED) is 0.819. The molecular weight excluding hydrogens is 216 g/mol. The van der Waals surface area contributed by atoms with Crippen LogP contribution in [0.5, 0.6) is 0 Å². The summed E-state index contributed by atoms with van der Waals surface area (Å²) in [5.41, 5.74) is 5.62. The predicted molar refractivity (Wildman–Crippen MR) is 68.6 cm³/mol. The van der Waals surface area contributed by atoms with Gasteiger partial charge >= 0.3 is 0 Å². The molecule has 0 bridgehead atoms. The maximum atomic E-state index is 12.0. The summed E-state index contributed by atoms with van der Waals surface area (Å²) < 4.78 is 1.78. The van der Waals surface area contributed by atoms with Crippen LogP contribution in [0.3, 0.4) is 0 Å². The third-order valence-electron chi connectivity index (χ3n) is 2.81. The van der Waals surface area contributed by atoms with Crippen molar-refractivity contribution in [1.82, 2.24) is 9.78 Å². The lowest BCUT2D eigenvalue weighted by atomic mass is 9.95. The van der Waals surface area contributed by atoms with Crippen molar-refractivity contribution in [1.29, 1.82) is 0 Å². The molecule has 0 fully saturated rings. The maximum absolute atomic E-state index is 12.0. The maximum Gasteiger partial charge on any atom is 0.230 e. The second-order valence-corrected chi connectivity index (χ2v) is 4.83. The summed E-state index contributed by atoms with van der Waals surface area (Å²) in [5, 5.41) is 7.06. The third-order valence-corrected chi connectivity index (χ3v) is 2.81. The van der Waals surface area contributed by atoms with E-state index in [2.05, 4.69) is 10.4 Å². The fourth-order valence-electron chi connectivity index (χ4n) is 1.73. The van der Waals surface area contributed by atoms with Gasteiger partial charge in [-0.3, -0.25) is 4.79 Å². The minimum absolute atomic E-state index is 0.0371. The van der Waals surface area contributed by atoms with Crippen molar-refractivity contribution in [3.8, 4) is 0 Å². The van der Waals surface area contributed by atoms with Crippen LogP contribution in [0.4, 0.5) is 5.82 Å². The van der Waals surface area contributed by atoms with Crippen molar-refractivity contribution in [3.63, 3.8) is 0 Å². The van der Waals surface area contributed by atoms with Crippen LogP contribution in [-0.2, 0) is 4.79 Å². The van der Waals surface area contributed by atoms with E-state index in [1.807, 2.05) is 27.7 Å². The number of carbonyl (C=O) groups excluding carboxylic acids is 1. The molecule has 17 heavy (non-hydrogen) atoms. The zero-order chi connectivity index (χ0) is 13.0. The van der Waals surface area contributed by atoms with E-state index in [1.54, 1.807) is 16.9 Å². The SMILES string of the molecule is CC(C)C(CN)C(=O)Nc1ccnn1C(C)C. The van der Waals surface area contributed by atoms with Crippen LogP contribution >= 0.6 is 0 Å². The lowest BCUT2D eigenvalue weighted by molar-refractivity contribution is -0.120. The van der Waals surface area contributed by atoms with Gasteiger partial charge in [0.05, 0.1) is 12.1 Å². The fraction of sp³-hybridized carbons (Fsp3) is 0.667. The molecule has 1 heterocycles. The number of aromatic nitrogens is 2. The van der Waals surface area contributed by atoms with Gasteiger partial charge in [0.25, 0.3) is 0 Å². The Hall–Kier alpha value is -1.36. The lowest BCUT2D eigenvalue weighted by Crippen LogP contribution is -2.33. The molecule has 1 aromatic heterocycles. The first-order chi connectivity index (χ1) is 7.97. The van der Waals surface area contributed by atoms with Gasteiger partial charge in [0, 0.05) is 18.7 Å². The second-order valence-electron chi connectivity index (χ2n) is 4.83. The minimum Gasteiger partial charge on any atom is -0.330 e. The average Bonchev–Trinajstić information content (AvgIpc) is 2.66. The Morgan fingerprint density at radius 1 is 1.47 bits per heavy atom. The van der Waals surface area contributed by atoms with E-state index in [0.717, 1.165) is 5.82 Å². The Kier molecular flexibility index (Phi) is 4.69. The standard InChI is InChI=1S/C12H22N4O/c1-8(2)10(7-13)12(17)15-11-5-6-14-16(11)9(3)4/h5-6,8-10H,7,13H2,1-4H3,(H,15,17). The normalized spacial score (nSPS) is 13.1. The molecule has 0 aromatic carbocycles. The molecule has 1 unspecified atom stereocenters. The number of amides is 1. The van der Waals surface area contributed by atoms with Gasteiger partial charge in [-0.05, 0) is 19.8 Å². The van der Waals surface area contributed by atoms with Crippen molar-refractivity contribution < 1.29 is 4.79 Å². The molecule has 1 rings (SSSR count). The molecule has 1 atom stereocenters. The highest BCUT2D eigenvalue weighted by Gasteiger charge is 2.21. The van der Waals surface area contributed by atoms with E-state index in [4.69, 9.17) is 5.73 Å². The van der Waals surface area contributed by atoms with E-state index in [1.165, 1.54) is 0 Å². The fourth-order valence-corrected chi connectivity index (χ4v) is 1.73. The van der Waals surface area contributed by atoms with E-state index < -0.39 is 0 Å². The van der Waals surface area contributed by atoms with E-state index in [-0.39, 0.29) is 23.8 Å². The number of nitrogens with one attached hydrogen (secondary N) is 1. The first-order valence-corrected chi connectivity index (χ1v) is 6.01. The van der Waals surface area contributed by atoms with Crippen LogP contribution in [0.15, 0.2) is 12.3 Å². The van der Waals surface area contributed by atoms with Gasteiger partial charge in [0.2, 0.25) is 5.91 Å². The Labute approximate surface area is 102 Å². The molecule has 0 aliphatic carbocycles. The Balaban J connectivity index is 2.77. The molecule has 0 radical (unpaired) electrons. The highest BCUT2D eigenvalue weighted by atomic mass is 16.2. The molecule has 96 valence electrons. The molecule has 5 nitrogen and oxygen atoms in total. The van der Waals surface area contributed by atoms with Crippen LogP contribution in [-0.4, -0.2) is 22.2 Å². The zero-order valence-electron chi connectivity index (χ0n) is 11.0. The number of carbonyl (C=O) groups is 1. The van der Waals surface area contributed by atoms with Gasteiger partial charge in [0.15, 0.2) is 0 Å². The molecule has 0 aliphatic heterocycles. The van der Waals surface area contributed by atoms with Crippen molar-refractivity contribution >= 4 is 11.7 Å². The summed E-state index contributed by atoms with van der Waals surface area (Å²) in [6, 6.07) is 2.02. The van der Waals surface area contributed by atoms with Gasteiger partial charge in [-0.25, -0.2) is 4.68 Å². The minimum atomic E-state index is -0.162. The van der Waals surface area contributed by atoms with Crippen LogP contribution in [0.25, 0.3) is 0 Å². The summed E-state index contributed by atoms with van der Waals surface area (Å²) in [7, 11) is 0. The summed E-state index contributed by atoms with van der Waals surface area (Å²) in [6.07, 6.45) is 1.68. The number of rotatable bonds is 5. The molecule has 0 spiro atoms. The summed E-state index contributed by atoms with van der Waals surface area (Å²) in [5.74, 6) is 0.759. The van der Waals surface area contributed by atoms with Gasteiger partial charge in [0.1, 0.15) is 5.82 Å².